The molecule has 136 valence electrons. The number of aliphatic imine (C=N–C) groups is 1. The van der Waals surface area contributed by atoms with Crippen molar-refractivity contribution in [3.05, 3.63) is 24.0 Å². The maximum atomic E-state index is 5.61. The van der Waals surface area contributed by atoms with Crippen LogP contribution in [0.4, 0.5) is 0 Å². The van der Waals surface area contributed by atoms with E-state index in [0.29, 0.717) is 5.41 Å². The second-order valence-corrected chi connectivity index (χ2v) is 7.02. The highest BCUT2D eigenvalue weighted by atomic mass is 16.5. The van der Waals surface area contributed by atoms with E-state index in [1.54, 1.807) is 0 Å². The maximum absolute atomic E-state index is 5.61. The molecule has 5 heteroatoms. The van der Waals surface area contributed by atoms with E-state index < -0.39 is 0 Å². The van der Waals surface area contributed by atoms with Gasteiger partial charge in [0.15, 0.2) is 5.96 Å². The molecule has 0 spiro atoms. The Hall–Kier alpha value is -1.49. The van der Waals surface area contributed by atoms with Gasteiger partial charge in [0.05, 0.1) is 6.54 Å². The Morgan fingerprint density at radius 1 is 1.42 bits per heavy atom. The maximum Gasteiger partial charge on any atom is 0.193 e. The number of rotatable bonds is 8. The molecule has 0 atom stereocenters. The van der Waals surface area contributed by atoms with Crippen LogP contribution in [0.1, 0.15) is 44.7 Å². The summed E-state index contributed by atoms with van der Waals surface area (Å²) in [6, 6.07) is 4.24. The Bertz CT molecular complexity index is 517. The first kappa shape index (κ1) is 18.8. The lowest BCUT2D eigenvalue weighted by molar-refractivity contribution is 0.104. The highest BCUT2D eigenvalue weighted by molar-refractivity contribution is 5.79. The zero-order chi connectivity index (χ0) is 17.4. The molecule has 1 aromatic rings. The van der Waals surface area contributed by atoms with Crippen LogP contribution in [-0.2, 0) is 18.3 Å². The number of aryl methyl sites for hydroxylation is 1. The summed E-state index contributed by atoms with van der Waals surface area (Å²) in [5, 5.41) is 3.62. The van der Waals surface area contributed by atoms with E-state index >= 15 is 0 Å². The monoisotopic (exact) mass is 334 g/mol. The van der Waals surface area contributed by atoms with E-state index in [-0.39, 0.29) is 0 Å². The predicted octanol–water partition coefficient (Wildman–Crippen LogP) is 3.02. The summed E-state index contributed by atoms with van der Waals surface area (Å²) in [6.07, 6.45) is 8.50. The fourth-order valence-corrected chi connectivity index (χ4v) is 3.70. The first-order valence-corrected chi connectivity index (χ1v) is 9.20. The van der Waals surface area contributed by atoms with E-state index in [2.05, 4.69) is 59.1 Å². The number of hydrogen-bond acceptors (Lipinski definition) is 2. The van der Waals surface area contributed by atoms with E-state index in [4.69, 9.17) is 4.74 Å². The molecule has 1 heterocycles. The third kappa shape index (κ3) is 5.00. The van der Waals surface area contributed by atoms with Gasteiger partial charge in [0.25, 0.3) is 0 Å². The van der Waals surface area contributed by atoms with Crippen molar-refractivity contribution in [3.63, 3.8) is 0 Å². The topological polar surface area (TPSA) is 41.8 Å². The molecule has 24 heavy (non-hydrogen) atoms. The van der Waals surface area contributed by atoms with Gasteiger partial charge in [-0.25, -0.2) is 0 Å². The van der Waals surface area contributed by atoms with Crippen LogP contribution in [0, 0.1) is 5.41 Å². The largest absolute Gasteiger partial charge is 0.382 e. The average molecular weight is 335 g/mol. The van der Waals surface area contributed by atoms with E-state index in [1.165, 1.54) is 31.4 Å². The van der Waals surface area contributed by atoms with Crippen molar-refractivity contribution < 1.29 is 4.74 Å². The molecule has 0 radical (unpaired) electrons. The van der Waals surface area contributed by atoms with E-state index in [1.807, 2.05) is 7.05 Å². The Kier molecular flexibility index (Phi) is 7.16. The fraction of sp³-hybridized carbons (Fsp3) is 0.737. The van der Waals surface area contributed by atoms with Gasteiger partial charge in [-0.05, 0) is 43.7 Å². The average Bonchev–Trinajstić information content (AvgIpc) is 3.19. The number of hydrogen-bond donors (Lipinski definition) is 1. The van der Waals surface area contributed by atoms with Crippen LogP contribution in [0.5, 0.6) is 0 Å². The van der Waals surface area contributed by atoms with Crippen molar-refractivity contribution in [3.8, 4) is 0 Å². The Morgan fingerprint density at radius 3 is 2.75 bits per heavy atom. The first-order valence-electron chi connectivity index (χ1n) is 9.20. The van der Waals surface area contributed by atoms with Gasteiger partial charge < -0.3 is 19.5 Å². The third-order valence-electron chi connectivity index (χ3n) is 5.29. The van der Waals surface area contributed by atoms with Crippen molar-refractivity contribution in [2.45, 2.75) is 45.6 Å². The Morgan fingerprint density at radius 2 is 2.17 bits per heavy atom. The molecule has 1 aliphatic rings. The minimum Gasteiger partial charge on any atom is -0.382 e. The molecule has 2 rings (SSSR count). The van der Waals surface area contributed by atoms with Crippen molar-refractivity contribution >= 4 is 5.96 Å². The smallest absolute Gasteiger partial charge is 0.193 e. The number of nitrogens with one attached hydrogen (secondary N) is 1. The van der Waals surface area contributed by atoms with E-state index in [0.717, 1.165) is 38.7 Å². The molecule has 0 unspecified atom stereocenters. The van der Waals surface area contributed by atoms with Crippen LogP contribution in [0.15, 0.2) is 23.3 Å². The lowest BCUT2D eigenvalue weighted by atomic mass is 9.83. The van der Waals surface area contributed by atoms with Crippen molar-refractivity contribution in [1.82, 2.24) is 14.8 Å². The molecule has 1 aromatic heterocycles. The van der Waals surface area contributed by atoms with Crippen molar-refractivity contribution in [1.29, 1.82) is 0 Å². The van der Waals surface area contributed by atoms with Gasteiger partial charge in [-0.2, -0.15) is 0 Å². The highest BCUT2D eigenvalue weighted by Crippen LogP contribution is 2.40. The van der Waals surface area contributed by atoms with Crippen LogP contribution < -0.4 is 5.32 Å². The summed E-state index contributed by atoms with van der Waals surface area (Å²) in [5.74, 6) is 0.971. The molecular formula is C19H34N4O. The molecule has 0 bridgehead atoms. The standard InChI is InChI=1S/C19H34N4O/c1-5-24-14-12-19(10-6-7-11-19)16-21-18(20-2)23(4)15-17-9-8-13-22(17)3/h8-9,13H,5-7,10-12,14-16H2,1-4H3,(H,20,21). The number of aromatic nitrogens is 1. The Labute approximate surface area is 147 Å². The van der Waals surface area contributed by atoms with Gasteiger partial charge in [0, 0.05) is 52.8 Å². The second kappa shape index (κ2) is 9.11. The fourth-order valence-electron chi connectivity index (χ4n) is 3.70. The minimum atomic E-state index is 0.372. The van der Waals surface area contributed by atoms with Crippen LogP contribution in [0.25, 0.3) is 0 Å². The zero-order valence-electron chi connectivity index (χ0n) is 15.8. The van der Waals surface area contributed by atoms with Crippen molar-refractivity contribution in [2.75, 3.05) is 33.9 Å². The SMILES string of the molecule is CCOCCC1(CNC(=NC)N(C)Cc2cccn2C)CCCC1. The van der Waals surface area contributed by atoms with Gasteiger partial charge in [0.1, 0.15) is 0 Å². The summed E-state index contributed by atoms with van der Waals surface area (Å²) in [5.41, 5.74) is 1.66. The lowest BCUT2D eigenvalue weighted by Gasteiger charge is -2.32. The van der Waals surface area contributed by atoms with Gasteiger partial charge in [0.2, 0.25) is 0 Å². The van der Waals surface area contributed by atoms with Crippen LogP contribution >= 0.6 is 0 Å². The third-order valence-corrected chi connectivity index (χ3v) is 5.29. The second-order valence-electron chi connectivity index (χ2n) is 7.02. The van der Waals surface area contributed by atoms with Gasteiger partial charge in [-0.1, -0.05) is 12.8 Å². The molecule has 0 aromatic carbocycles. The molecule has 1 N–H and O–H groups in total. The quantitative estimate of drug-likeness (QED) is 0.451. The summed E-state index contributed by atoms with van der Waals surface area (Å²) in [4.78, 5) is 6.67. The normalized spacial score (nSPS) is 17.2. The minimum absolute atomic E-state index is 0.372. The molecule has 1 saturated carbocycles. The van der Waals surface area contributed by atoms with Gasteiger partial charge >= 0.3 is 0 Å². The van der Waals surface area contributed by atoms with Crippen LogP contribution in [-0.4, -0.2) is 49.3 Å². The summed E-state index contributed by atoms with van der Waals surface area (Å²) >= 11 is 0. The lowest BCUT2D eigenvalue weighted by Crippen LogP contribution is -2.44. The molecule has 0 saturated heterocycles. The zero-order valence-corrected chi connectivity index (χ0v) is 15.8. The van der Waals surface area contributed by atoms with Crippen molar-refractivity contribution in [2.24, 2.45) is 17.5 Å². The number of nitrogens with zero attached hydrogens (tertiary/aromatic N) is 3. The van der Waals surface area contributed by atoms with E-state index in [9.17, 15) is 0 Å². The molecule has 0 amide bonds. The molecule has 1 aliphatic carbocycles. The summed E-state index contributed by atoms with van der Waals surface area (Å²) in [6.45, 7) is 5.60. The molecule has 1 fully saturated rings. The predicted molar refractivity (Wildman–Crippen MR) is 100 cm³/mol. The molecule has 5 nitrogen and oxygen atoms in total. The van der Waals surface area contributed by atoms with Gasteiger partial charge in [-0.15, -0.1) is 0 Å². The highest BCUT2D eigenvalue weighted by Gasteiger charge is 2.33. The first-order chi connectivity index (χ1) is 11.6. The number of ether oxygens (including phenoxy) is 1. The Balaban J connectivity index is 1.90. The molecular weight excluding hydrogens is 300 g/mol. The van der Waals surface area contributed by atoms with Crippen LogP contribution in [0.3, 0.4) is 0 Å². The number of guanidine groups is 1. The van der Waals surface area contributed by atoms with Crippen LogP contribution in [0.2, 0.25) is 0 Å². The van der Waals surface area contributed by atoms with Gasteiger partial charge in [-0.3, -0.25) is 4.99 Å². The molecule has 0 aliphatic heterocycles. The summed E-state index contributed by atoms with van der Waals surface area (Å²) in [7, 11) is 6.05. The summed E-state index contributed by atoms with van der Waals surface area (Å²) < 4.78 is 7.77.